The molecular weight excluding hydrogens is 386 g/mol. The van der Waals surface area contributed by atoms with Crippen LogP contribution >= 0.6 is 23.1 Å². The summed E-state index contributed by atoms with van der Waals surface area (Å²) >= 11 is 2.97. The second-order valence-corrected chi connectivity index (χ2v) is 8.31. The Hall–Kier alpha value is -2.05. The number of thioether (sulfide) groups is 1. The van der Waals surface area contributed by atoms with Gasteiger partial charge in [-0.1, -0.05) is 0 Å². The Morgan fingerprint density at radius 3 is 2.74 bits per heavy atom. The van der Waals surface area contributed by atoms with Crippen molar-refractivity contribution in [2.45, 2.75) is 45.1 Å². The highest BCUT2D eigenvalue weighted by molar-refractivity contribution is 7.98. The highest BCUT2D eigenvalue weighted by Crippen LogP contribution is 2.37. The predicted octanol–water partition coefficient (Wildman–Crippen LogP) is 2.24. The summed E-state index contributed by atoms with van der Waals surface area (Å²) in [6, 6.07) is 1.40. The first-order chi connectivity index (χ1) is 13.0. The van der Waals surface area contributed by atoms with Crippen molar-refractivity contribution in [2.24, 2.45) is 0 Å². The van der Waals surface area contributed by atoms with Crippen LogP contribution in [0.25, 0.3) is 0 Å². The maximum absolute atomic E-state index is 12.2. The quantitative estimate of drug-likeness (QED) is 0.638. The summed E-state index contributed by atoms with van der Waals surface area (Å²) in [5.74, 6) is -0.783. The average Bonchev–Trinajstić information content (AvgIpc) is 2.99. The van der Waals surface area contributed by atoms with E-state index in [4.69, 9.17) is 4.74 Å². The minimum atomic E-state index is -0.772. The van der Waals surface area contributed by atoms with Gasteiger partial charge in [0, 0.05) is 11.8 Å². The number of aryl methyl sites for hydroxylation is 1. The van der Waals surface area contributed by atoms with Crippen molar-refractivity contribution in [1.82, 2.24) is 5.32 Å². The summed E-state index contributed by atoms with van der Waals surface area (Å²) in [5.41, 5.74) is 1.55. The smallest absolute Gasteiger partial charge is 0.329 e. The second kappa shape index (κ2) is 10.3. The molecule has 0 radical (unpaired) electrons. The molecule has 1 unspecified atom stereocenters. The highest BCUT2D eigenvalue weighted by atomic mass is 32.2. The molecule has 2 amide bonds. The summed E-state index contributed by atoms with van der Waals surface area (Å²) < 4.78 is 5.06. The molecule has 9 heteroatoms. The van der Waals surface area contributed by atoms with E-state index in [9.17, 15) is 19.6 Å². The van der Waals surface area contributed by atoms with Crippen molar-refractivity contribution in [3.63, 3.8) is 0 Å². The Morgan fingerprint density at radius 2 is 2.07 bits per heavy atom. The Labute approximate surface area is 166 Å². The molecule has 2 N–H and O–H groups in total. The number of fused-ring (bicyclic) bond motifs is 1. The maximum atomic E-state index is 12.2. The first-order valence-electron chi connectivity index (χ1n) is 8.73. The SMILES string of the molecule is CSCCC(NC(C)=O)C(=O)OCC(=O)Nc1sc2c(c1C#N)CCCC2. The number of esters is 1. The summed E-state index contributed by atoms with van der Waals surface area (Å²) in [7, 11) is 0. The second-order valence-electron chi connectivity index (χ2n) is 6.22. The minimum Gasteiger partial charge on any atom is -0.454 e. The van der Waals surface area contributed by atoms with Crippen LogP contribution in [0.15, 0.2) is 0 Å². The third-order valence-electron chi connectivity index (χ3n) is 4.15. The van der Waals surface area contributed by atoms with Gasteiger partial charge in [0.15, 0.2) is 6.61 Å². The lowest BCUT2D eigenvalue weighted by Gasteiger charge is -2.16. The van der Waals surface area contributed by atoms with E-state index in [0.717, 1.165) is 36.1 Å². The molecular formula is C18H23N3O4S2. The molecule has 27 heavy (non-hydrogen) atoms. The molecule has 1 heterocycles. The third-order valence-corrected chi connectivity index (χ3v) is 6.01. The zero-order valence-electron chi connectivity index (χ0n) is 15.4. The fourth-order valence-electron chi connectivity index (χ4n) is 2.90. The Balaban J connectivity index is 1.93. The number of hydrogen-bond acceptors (Lipinski definition) is 7. The van der Waals surface area contributed by atoms with Crippen molar-refractivity contribution in [3.05, 3.63) is 16.0 Å². The van der Waals surface area contributed by atoms with Crippen LogP contribution in [0.3, 0.4) is 0 Å². The van der Waals surface area contributed by atoms with Gasteiger partial charge in [0.2, 0.25) is 5.91 Å². The van der Waals surface area contributed by atoms with Crippen molar-refractivity contribution in [1.29, 1.82) is 5.26 Å². The number of nitrogens with one attached hydrogen (secondary N) is 2. The van der Waals surface area contributed by atoms with E-state index < -0.39 is 24.5 Å². The molecule has 2 rings (SSSR count). The number of rotatable bonds is 8. The fraction of sp³-hybridized carbons (Fsp3) is 0.556. The molecule has 1 aliphatic rings. The van der Waals surface area contributed by atoms with Gasteiger partial charge < -0.3 is 15.4 Å². The largest absolute Gasteiger partial charge is 0.454 e. The first-order valence-corrected chi connectivity index (χ1v) is 10.9. The van der Waals surface area contributed by atoms with Crippen molar-refractivity contribution >= 4 is 45.9 Å². The number of hydrogen-bond donors (Lipinski definition) is 2. The molecule has 1 aromatic rings. The number of thiophene rings is 1. The molecule has 1 atom stereocenters. The van der Waals surface area contributed by atoms with Crippen LogP contribution in [0.4, 0.5) is 5.00 Å². The first kappa shape index (κ1) is 21.3. The topological polar surface area (TPSA) is 108 Å². The Bertz CT molecular complexity index is 755. The molecule has 1 aromatic heterocycles. The fourth-order valence-corrected chi connectivity index (χ4v) is 4.63. The lowest BCUT2D eigenvalue weighted by molar-refractivity contribution is -0.150. The summed E-state index contributed by atoms with van der Waals surface area (Å²) in [6.07, 6.45) is 6.24. The highest BCUT2D eigenvalue weighted by Gasteiger charge is 2.24. The molecule has 1 aliphatic carbocycles. The van der Waals surface area contributed by atoms with Crippen LogP contribution in [-0.4, -0.2) is 42.4 Å². The van der Waals surface area contributed by atoms with Gasteiger partial charge in [-0.2, -0.15) is 17.0 Å². The van der Waals surface area contributed by atoms with Crippen LogP contribution in [-0.2, 0) is 32.0 Å². The molecule has 0 aromatic carbocycles. The van der Waals surface area contributed by atoms with E-state index >= 15 is 0 Å². The van der Waals surface area contributed by atoms with E-state index in [1.54, 1.807) is 11.8 Å². The summed E-state index contributed by atoms with van der Waals surface area (Å²) in [6.45, 7) is 0.871. The van der Waals surface area contributed by atoms with Gasteiger partial charge in [-0.05, 0) is 49.7 Å². The number of ether oxygens (including phenoxy) is 1. The monoisotopic (exact) mass is 409 g/mol. The number of nitrogens with zero attached hydrogens (tertiary/aromatic N) is 1. The van der Waals surface area contributed by atoms with Gasteiger partial charge in [0.05, 0.1) is 5.56 Å². The Morgan fingerprint density at radius 1 is 1.33 bits per heavy atom. The predicted molar refractivity (Wildman–Crippen MR) is 106 cm³/mol. The third kappa shape index (κ3) is 5.97. The molecule has 0 aliphatic heterocycles. The number of anilines is 1. The normalized spacial score (nSPS) is 13.8. The molecule has 0 saturated carbocycles. The van der Waals surface area contributed by atoms with E-state index in [0.29, 0.717) is 22.7 Å². The van der Waals surface area contributed by atoms with Gasteiger partial charge in [0.25, 0.3) is 5.91 Å². The van der Waals surface area contributed by atoms with Crippen molar-refractivity contribution in [3.8, 4) is 6.07 Å². The lowest BCUT2D eigenvalue weighted by Crippen LogP contribution is -2.42. The van der Waals surface area contributed by atoms with E-state index in [1.807, 2.05) is 6.26 Å². The summed E-state index contributed by atoms with van der Waals surface area (Å²) in [5, 5.41) is 15.2. The molecule has 7 nitrogen and oxygen atoms in total. The van der Waals surface area contributed by atoms with Gasteiger partial charge in [-0.15, -0.1) is 11.3 Å². The van der Waals surface area contributed by atoms with Crippen molar-refractivity contribution in [2.75, 3.05) is 23.9 Å². The summed E-state index contributed by atoms with van der Waals surface area (Å²) in [4.78, 5) is 36.7. The zero-order valence-corrected chi connectivity index (χ0v) is 17.1. The molecule has 0 spiro atoms. The van der Waals surface area contributed by atoms with Crippen molar-refractivity contribution < 1.29 is 19.1 Å². The van der Waals surface area contributed by atoms with Gasteiger partial charge in [-0.25, -0.2) is 4.79 Å². The molecule has 0 bridgehead atoms. The number of nitriles is 1. The van der Waals surface area contributed by atoms with E-state index in [1.165, 1.54) is 18.3 Å². The van der Waals surface area contributed by atoms with Crippen LogP contribution in [0.2, 0.25) is 0 Å². The molecule has 0 saturated heterocycles. The van der Waals surface area contributed by atoms with Crippen LogP contribution in [0.5, 0.6) is 0 Å². The number of amides is 2. The number of carbonyl (C=O) groups excluding carboxylic acids is 3. The van der Waals surface area contributed by atoms with Gasteiger partial charge in [0.1, 0.15) is 17.1 Å². The zero-order chi connectivity index (χ0) is 19.8. The number of carbonyl (C=O) groups is 3. The minimum absolute atomic E-state index is 0.328. The van der Waals surface area contributed by atoms with Crippen LogP contribution in [0.1, 0.15) is 42.2 Å². The van der Waals surface area contributed by atoms with E-state index in [2.05, 4.69) is 16.7 Å². The Kier molecular flexibility index (Phi) is 8.13. The molecule has 0 fully saturated rings. The van der Waals surface area contributed by atoms with Crippen LogP contribution < -0.4 is 10.6 Å². The average molecular weight is 410 g/mol. The van der Waals surface area contributed by atoms with Crippen LogP contribution in [0, 0.1) is 11.3 Å². The lowest BCUT2D eigenvalue weighted by atomic mass is 9.96. The maximum Gasteiger partial charge on any atom is 0.329 e. The van der Waals surface area contributed by atoms with Gasteiger partial charge in [-0.3, -0.25) is 9.59 Å². The van der Waals surface area contributed by atoms with E-state index in [-0.39, 0.29) is 5.91 Å². The standard InChI is InChI=1S/C18H23N3O4S2/c1-11(22)20-14(7-8-26-2)18(24)25-10-16(23)21-17-13(9-19)12-5-3-4-6-15(12)27-17/h14H,3-8,10H2,1-2H3,(H,20,22)(H,21,23). The van der Waals surface area contributed by atoms with Gasteiger partial charge >= 0.3 is 5.97 Å². The molecule has 146 valence electrons.